The third-order valence-corrected chi connectivity index (χ3v) is 8.54. The summed E-state index contributed by atoms with van der Waals surface area (Å²) in [6, 6.07) is 4.40. The molecule has 5 heteroatoms. The van der Waals surface area contributed by atoms with E-state index in [1.807, 2.05) is 0 Å². The highest BCUT2D eigenvalue weighted by atomic mass is 35.5. The van der Waals surface area contributed by atoms with Crippen LogP contribution in [0.3, 0.4) is 0 Å². The summed E-state index contributed by atoms with van der Waals surface area (Å²) in [5.41, 5.74) is 0.0346. The van der Waals surface area contributed by atoms with Gasteiger partial charge < -0.3 is 0 Å². The second kappa shape index (κ2) is 10.8. The van der Waals surface area contributed by atoms with E-state index in [1.165, 1.54) is 57.1 Å². The summed E-state index contributed by atoms with van der Waals surface area (Å²) in [5.74, 6) is -1.02. The van der Waals surface area contributed by atoms with Crippen LogP contribution < -0.4 is 0 Å². The molecule has 0 radical (unpaired) electrons. The number of hydrogen-bond acceptors (Lipinski definition) is 0. The maximum absolute atomic E-state index is 14.9. The quantitative estimate of drug-likeness (QED) is 0.285. The van der Waals surface area contributed by atoms with Gasteiger partial charge in [0.15, 0.2) is 0 Å². The molecule has 0 N–H and O–H groups in total. The van der Waals surface area contributed by atoms with Crippen molar-refractivity contribution in [3.05, 3.63) is 58.1 Å². The van der Waals surface area contributed by atoms with E-state index >= 15 is 0 Å². The molecule has 2 fully saturated rings. The fourth-order valence-electron chi connectivity index (χ4n) is 5.99. The zero-order chi connectivity index (χ0) is 23.5. The van der Waals surface area contributed by atoms with Gasteiger partial charge in [0.2, 0.25) is 0 Å². The molecule has 2 aromatic carbocycles. The highest BCUT2D eigenvalue weighted by molar-refractivity contribution is 6.31. The maximum atomic E-state index is 14.9. The lowest BCUT2D eigenvalue weighted by Gasteiger charge is -2.32. The smallest absolute Gasteiger partial charge is 0.145 e. The molecule has 0 atom stereocenters. The second-order valence-corrected chi connectivity index (χ2v) is 10.6. The van der Waals surface area contributed by atoms with Crippen LogP contribution >= 0.6 is 11.6 Å². The van der Waals surface area contributed by atoms with Crippen molar-refractivity contribution in [3.63, 3.8) is 0 Å². The van der Waals surface area contributed by atoms with Crippen LogP contribution in [0.15, 0.2) is 24.3 Å². The summed E-state index contributed by atoms with van der Waals surface area (Å²) in [6.45, 7) is 2.30. The minimum absolute atomic E-state index is 0.123. The van der Waals surface area contributed by atoms with E-state index in [2.05, 4.69) is 6.92 Å². The lowest BCUT2D eigenvalue weighted by atomic mass is 9.74. The molecule has 0 nitrogen and oxygen atoms in total. The van der Waals surface area contributed by atoms with Gasteiger partial charge in [-0.15, -0.1) is 0 Å². The lowest BCUT2D eigenvalue weighted by Crippen LogP contribution is -2.17. The van der Waals surface area contributed by atoms with Gasteiger partial charge in [0.25, 0.3) is 0 Å². The molecule has 2 aliphatic carbocycles. The molecule has 4 rings (SSSR count). The van der Waals surface area contributed by atoms with Gasteiger partial charge in [-0.3, -0.25) is 0 Å². The predicted octanol–water partition coefficient (Wildman–Crippen LogP) is 9.83. The molecule has 0 aliphatic heterocycles. The summed E-state index contributed by atoms with van der Waals surface area (Å²) in [5, 5.41) is -0.679. The van der Waals surface area contributed by atoms with Crippen molar-refractivity contribution in [1.82, 2.24) is 0 Å². The fourth-order valence-corrected chi connectivity index (χ4v) is 6.10. The normalized spacial score (nSPS) is 25.9. The van der Waals surface area contributed by atoms with E-state index in [9.17, 15) is 17.6 Å². The Morgan fingerprint density at radius 3 is 1.61 bits per heavy atom. The van der Waals surface area contributed by atoms with Gasteiger partial charge in [0.1, 0.15) is 28.3 Å². The number of rotatable bonds is 6. The van der Waals surface area contributed by atoms with Crippen molar-refractivity contribution < 1.29 is 17.6 Å². The zero-order valence-corrected chi connectivity index (χ0v) is 20.0. The molecule has 0 heterocycles. The molecule has 0 saturated heterocycles. The zero-order valence-electron chi connectivity index (χ0n) is 19.3. The predicted molar refractivity (Wildman–Crippen MR) is 126 cm³/mol. The van der Waals surface area contributed by atoms with Gasteiger partial charge in [-0.05, 0) is 84.7 Å². The standard InChI is InChI=1S/C28H33ClF4/c1-2-17-3-5-18(6-4-17)7-8-19-9-11-20(12-10-19)21-13-23(30)27(24(31)14-21)22-15-25(32)28(29)26(33)16-22/h13-20H,2-12H2,1H3/t17-,18-,19-,20-. The van der Waals surface area contributed by atoms with Crippen molar-refractivity contribution in [2.24, 2.45) is 17.8 Å². The average Bonchev–Trinajstić information content (AvgIpc) is 2.81. The fraction of sp³-hybridized carbons (Fsp3) is 0.571. The summed E-state index contributed by atoms with van der Waals surface area (Å²) in [6.07, 6.45) is 13.5. The number of benzene rings is 2. The van der Waals surface area contributed by atoms with E-state index in [4.69, 9.17) is 11.6 Å². The Morgan fingerprint density at radius 2 is 1.12 bits per heavy atom. The second-order valence-electron chi connectivity index (χ2n) is 10.2. The van der Waals surface area contributed by atoms with Crippen molar-refractivity contribution in [3.8, 4) is 11.1 Å². The highest BCUT2D eigenvalue weighted by Crippen LogP contribution is 2.41. The minimum Gasteiger partial charge on any atom is -0.206 e. The largest absolute Gasteiger partial charge is 0.206 e. The maximum Gasteiger partial charge on any atom is 0.145 e. The molecule has 0 bridgehead atoms. The van der Waals surface area contributed by atoms with Crippen LogP contribution in [0.5, 0.6) is 0 Å². The third kappa shape index (κ3) is 5.75. The Hall–Kier alpha value is -1.55. The van der Waals surface area contributed by atoms with Crippen molar-refractivity contribution in [2.45, 2.75) is 83.5 Å². The SMILES string of the molecule is CC[C@H]1CC[C@H](CC[C@H]2CC[C@H](c3cc(F)c(-c4cc(F)c(Cl)c(F)c4)c(F)c3)CC2)CC1. The Morgan fingerprint density at radius 1 is 0.667 bits per heavy atom. The summed E-state index contributed by atoms with van der Waals surface area (Å²) >= 11 is 5.50. The van der Waals surface area contributed by atoms with Gasteiger partial charge in [-0.1, -0.05) is 63.5 Å². The van der Waals surface area contributed by atoms with Gasteiger partial charge in [-0.25, -0.2) is 17.6 Å². The van der Waals surface area contributed by atoms with Crippen LogP contribution in [0.4, 0.5) is 17.6 Å². The van der Waals surface area contributed by atoms with Crippen LogP contribution in [-0.2, 0) is 0 Å². The molecule has 2 aromatic rings. The first-order chi connectivity index (χ1) is 15.9. The van der Waals surface area contributed by atoms with Crippen molar-refractivity contribution in [2.75, 3.05) is 0 Å². The first-order valence-electron chi connectivity index (χ1n) is 12.5. The average molecular weight is 481 g/mol. The lowest BCUT2D eigenvalue weighted by molar-refractivity contribution is 0.227. The number of hydrogen-bond donors (Lipinski definition) is 0. The molecule has 0 unspecified atom stereocenters. The molecule has 0 amide bonds. The van der Waals surface area contributed by atoms with Gasteiger partial charge >= 0.3 is 0 Å². The first-order valence-corrected chi connectivity index (χ1v) is 12.9. The minimum atomic E-state index is -1.04. The van der Waals surface area contributed by atoms with Crippen molar-refractivity contribution in [1.29, 1.82) is 0 Å². The molecule has 2 saturated carbocycles. The Balaban J connectivity index is 1.35. The van der Waals surface area contributed by atoms with E-state index in [0.717, 1.165) is 49.7 Å². The van der Waals surface area contributed by atoms with E-state index < -0.39 is 33.9 Å². The van der Waals surface area contributed by atoms with Crippen LogP contribution in [0.1, 0.15) is 89.0 Å². The van der Waals surface area contributed by atoms with E-state index in [1.54, 1.807) is 0 Å². The Bertz CT molecular complexity index is 910. The third-order valence-electron chi connectivity index (χ3n) is 8.18. The van der Waals surface area contributed by atoms with Crippen LogP contribution in [0, 0.1) is 41.0 Å². The van der Waals surface area contributed by atoms with Gasteiger partial charge in [0.05, 0.1) is 5.56 Å². The van der Waals surface area contributed by atoms with Gasteiger partial charge in [-0.2, -0.15) is 0 Å². The Kier molecular flexibility index (Phi) is 8.04. The first kappa shape index (κ1) is 24.6. The van der Waals surface area contributed by atoms with Gasteiger partial charge in [0, 0.05) is 0 Å². The van der Waals surface area contributed by atoms with Crippen LogP contribution in [0.25, 0.3) is 11.1 Å². The topological polar surface area (TPSA) is 0 Å². The van der Waals surface area contributed by atoms with E-state index in [-0.39, 0.29) is 11.5 Å². The molecular formula is C28H33ClF4. The summed E-state index contributed by atoms with van der Waals surface area (Å²) in [4.78, 5) is 0. The van der Waals surface area contributed by atoms with Crippen LogP contribution in [-0.4, -0.2) is 0 Å². The molecule has 0 spiro atoms. The molecule has 2 aliphatic rings. The summed E-state index contributed by atoms with van der Waals surface area (Å²) in [7, 11) is 0. The number of halogens is 5. The monoisotopic (exact) mass is 480 g/mol. The molecule has 180 valence electrons. The highest BCUT2D eigenvalue weighted by Gasteiger charge is 2.27. The van der Waals surface area contributed by atoms with E-state index in [0.29, 0.717) is 11.5 Å². The Labute approximate surface area is 199 Å². The molecule has 33 heavy (non-hydrogen) atoms. The van der Waals surface area contributed by atoms with Crippen molar-refractivity contribution >= 4 is 11.6 Å². The molecule has 0 aromatic heterocycles. The molecular weight excluding hydrogens is 448 g/mol. The summed E-state index contributed by atoms with van der Waals surface area (Å²) < 4.78 is 57.3. The van der Waals surface area contributed by atoms with Crippen LogP contribution in [0.2, 0.25) is 5.02 Å².